The predicted octanol–water partition coefficient (Wildman–Crippen LogP) is -3.80. The molecule has 48 heteroatoms. The van der Waals surface area contributed by atoms with Crippen molar-refractivity contribution in [2.24, 2.45) is 211 Å². The average molecular weight is 1870 g/mol. The van der Waals surface area contributed by atoms with E-state index in [1.807, 2.05) is 0 Å². The van der Waals surface area contributed by atoms with Gasteiger partial charge in [-0.2, -0.15) is 0 Å². The van der Waals surface area contributed by atoms with Crippen molar-refractivity contribution in [3.8, 4) is 0 Å². The van der Waals surface area contributed by atoms with Crippen molar-refractivity contribution >= 4 is 142 Å². The molecule has 48 nitrogen and oxygen atoms in total. The maximum absolute atomic E-state index is 15.2. The minimum atomic E-state index is -1.83. The van der Waals surface area contributed by atoms with Crippen molar-refractivity contribution in [1.82, 2.24) is 31.9 Å². The zero-order chi connectivity index (χ0) is 101. The van der Waals surface area contributed by atoms with Crippen molar-refractivity contribution in [3.05, 3.63) is 0 Å². The number of hydrogen-bond acceptors (Lipinski definition) is 24. The fourth-order valence-electron chi connectivity index (χ4n) is 16.1. The van der Waals surface area contributed by atoms with E-state index in [-0.39, 0.29) is 25.7 Å². The topological polar surface area (TPSA) is 915 Å². The lowest BCUT2D eigenvalue weighted by molar-refractivity contribution is -0.146. The van der Waals surface area contributed by atoms with E-state index in [2.05, 4.69) is 31.9 Å². The highest BCUT2D eigenvalue weighted by Crippen LogP contribution is 2.37. The van der Waals surface area contributed by atoms with Crippen LogP contribution in [0, 0.1) is 142 Å². The van der Waals surface area contributed by atoms with Crippen LogP contribution >= 0.6 is 0 Å². The van der Waals surface area contributed by atoms with Gasteiger partial charge in [-0.15, -0.1) is 0 Å². The molecule has 0 aliphatic rings. The molecule has 0 aromatic rings. The van der Waals surface area contributed by atoms with E-state index in [0.29, 0.717) is 0 Å². The van der Waals surface area contributed by atoms with Crippen LogP contribution in [0.15, 0.2) is 0 Å². The molecule has 24 unspecified atom stereocenters. The summed E-state index contributed by atoms with van der Waals surface area (Å²) in [5.74, 6) is -64.1. The Bertz CT molecular complexity index is 4040. The Labute approximate surface area is 757 Å². The highest BCUT2D eigenvalue weighted by molar-refractivity contribution is 5.90. The third kappa shape index (κ3) is 43.5. The lowest BCUT2D eigenvalue weighted by Crippen LogP contribution is -2.47. The number of rotatable bonds is 74. The minimum absolute atomic E-state index is 0.00285. The molecule has 131 heavy (non-hydrogen) atoms. The van der Waals surface area contributed by atoms with Gasteiger partial charge in [0.1, 0.15) is 0 Å². The third-order valence-electron chi connectivity index (χ3n) is 24.7. The molecule has 0 spiro atoms. The number of nitrogens with two attached hydrogens (primary N) is 12. The lowest BCUT2D eigenvalue weighted by atomic mass is 9.78. The van der Waals surface area contributed by atoms with Gasteiger partial charge in [0.15, 0.2) is 0 Å². The van der Waals surface area contributed by atoms with Crippen molar-refractivity contribution in [1.29, 1.82) is 0 Å². The molecule has 0 fully saturated rings. The van der Waals surface area contributed by atoms with Gasteiger partial charge in [-0.25, -0.2) is 0 Å². The van der Waals surface area contributed by atoms with Gasteiger partial charge >= 0.3 is 35.8 Å². The fourth-order valence-corrected chi connectivity index (χ4v) is 16.1. The van der Waals surface area contributed by atoms with Gasteiger partial charge in [0.25, 0.3) is 0 Å². The van der Waals surface area contributed by atoms with E-state index >= 15 is 14.4 Å². The number of nitrogens with one attached hydrogen (secondary N) is 6. The SMILES string of the molecule is CCC(CC(CC(CC(CC(CC(C)C(N)=O)C(N)=O)C(=O)NCNC(=O)C(CC(CC(CC)C(=O)O)C(N)=O)CC(CC(CC(C)C(N)=O)C(=O)O)C(=O)NCNC(=O)C(CC(CC(CC(C)C(N)=O)C(=O)O)C(N)=O)CC(CC(CC)C(N)=O)C(=O)O)C(=O)NCNC(=O)C(CC(CC(CC(CC)C(N)=O)C(=O)O)C(N)=O)CC(CC(C)C(N)=O)C(=O)O)C(N)=O)C(N)=O. The summed E-state index contributed by atoms with van der Waals surface area (Å²) >= 11 is 0. The number of carboxylic acids is 6. The summed E-state index contributed by atoms with van der Waals surface area (Å²) in [6.45, 7) is 8.16. The maximum Gasteiger partial charge on any atom is 0.306 e. The second-order valence-electron chi connectivity index (χ2n) is 34.5. The van der Waals surface area contributed by atoms with E-state index in [1.165, 1.54) is 55.4 Å². The molecular formula is C83H138N18O30. The average Bonchev–Trinajstić information content (AvgIpc) is 0.852. The number of amides is 18. The lowest BCUT2D eigenvalue weighted by Gasteiger charge is -2.29. The summed E-state index contributed by atoms with van der Waals surface area (Å²) in [6, 6.07) is 0. The Morgan fingerprint density at radius 3 is 0.435 bits per heavy atom. The van der Waals surface area contributed by atoms with E-state index in [0.717, 1.165) is 0 Å². The molecule has 0 saturated carbocycles. The maximum atomic E-state index is 15.2. The number of carbonyl (C=O) groups is 24. The molecule has 24 atom stereocenters. The summed E-state index contributed by atoms with van der Waals surface area (Å²) in [5.41, 5.74) is 68.1. The molecular weight excluding hydrogens is 1730 g/mol. The van der Waals surface area contributed by atoms with Crippen LogP contribution in [0.3, 0.4) is 0 Å². The fraction of sp³-hybridized carbons (Fsp3) is 0.711. The number of primary amides is 12. The van der Waals surface area contributed by atoms with Crippen LogP contribution in [-0.2, 0) is 115 Å². The summed E-state index contributed by atoms with van der Waals surface area (Å²) < 4.78 is 0. The van der Waals surface area contributed by atoms with Crippen LogP contribution in [-0.4, -0.2) is 193 Å². The van der Waals surface area contributed by atoms with Crippen LogP contribution in [0.25, 0.3) is 0 Å². The predicted molar refractivity (Wildman–Crippen MR) is 460 cm³/mol. The summed E-state index contributed by atoms with van der Waals surface area (Å²) in [7, 11) is 0. The molecule has 0 aliphatic heterocycles. The van der Waals surface area contributed by atoms with Gasteiger partial charge < -0.3 is 131 Å². The van der Waals surface area contributed by atoms with E-state index < -0.39 is 433 Å². The Morgan fingerprint density at radius 2 is 0.282 bits per heavy atom. The summed E-state index contributed by atoms with van der Waals surface area (Å²) in [6.07, 6.45) is -12.7. The smallest absolute Gasteiger partial charge is 0.306 e. The molecule has 36 N–H and O–H groups in total. The van der Waals surface area contributed by atoms with E-state index in [4.69, 9.17) is 68.8 Å². The molecule has 0 rings (SSSR count). The van der Waals surface area contributed by atoms with Crippen molar-refractivity contribution in [3.63, 3.8) is 0 Å². The molecule has 0 bridgehead atoms. The second kappa shape index (κ2) is 58.8. The van der Waals surface area contributed by atoms with Crippen molar-refractivity contribution in [2.45, 2.75) is 209 Å². The minimum Gasteiger partial charge on any atom is -0.481 e. The first-order valence-electron chi connectivity index (χ1n) is 43.4. The van der Waals surface area contributed by atoms with E-state index in [1.54, 1.807) is 0 Å². The summed E-state index contributed by atoms with van der Waals surface area (Å²) in [4.78, 5) is 320. The summed E-state index contributed by atoms with van der Waals surface area (Å²) in [5, 5.41) is 76.4. The molecule has 0 aromatic heterocycles. The van der Waals surface area contributed by atoms with Crippen LogP contribution in [0.5, 0.6) is 0 Å². The number of carbonyl (C=O) groups excluding carboxylic acids is 18. The van der Waals surface area contributed by atoms with Gasteiger partial charge in [-0.3, -0.25) is 115 Å². The molecule has 0 radical (unpaired) electrons. The zero-order valence-corrected chi connectivity index (χ0v) is 75.4. The van der Waals surface area contributed by atoms with Crippen molar-refractivity contribution in [2.75, 3.05) is 20.0 Å². The van der Waals surface area contributed by atoms with Crippen LogP contribution in [0.2, 0.25) is 0 Å². The zero-order valence-electron chi connectivity index (χ0n) is 75.4. The van der Waals surface area contributed by atoms with E-state index in [9.17, 15) is 131 Å². The molecule has 740 valence electrons. The second-order valence-corrected chi connectivity index (χ2v) is 34.5. The van der Waals surface area contributed by atoms with Crippen LogP contribution < -0.4 is 101 Å². The van der Waals surface area contributed by atoms with Gasteiger partial charge in [-0.05, 0) is 154 Å². The third-order valence-corrected chi connectivity index (χ3v) is 24.7. The Hall–Kier alpha value is -12.7. The van der Waals surface area contributed by atoms with Gasteiger partial charge in [0.2, 0.25) is 106 Å². The first-order chi connectivity index (χ1) is 60.8. The first kappa shape index (κ1) is 118. The Morgan fingerprint density at radius 1 is 0.168 bits per heavy atom. The van der Waals surface area contributed by atoms with Gasteiger partial charge in [0.05, 0.1) is 55.5 Å². The molecule has 0 aromatic carbocycles. The Kier molecular flexibility index (Phi) is 53.1. The molecule has 0 aliphatic carbocycles. The van der Waals surface area contributed by atoms with Crippen LogP contribution in [0.1, 0.15) is 209 Å². The molecule has 0 saturated heterocycles. The van der Waals surface area contributed by atoms with Gasteiger partial charge in [-0.1, -0.05) is 55.4 Å². The highest BCUT2D eigenvalue weighted by Gasteiger charge is 2.43. The largest absolute Gasteiger partial charge is 0.481 e. The highest BCUT2D eigenvalue weighted by atomic mass is 16.4. The molecule has 18 amide bonds. The normalized spacial score (nSPS) is 16.9. The standard InChI is InChI=1S/C83H138N18O30/c1-9-40(64(88)106)17-45(68(92)110)22-50(73(115)98-34-99-75(117)52(30-56(80(124)125)15-38(7)62(86)104)25-48(71(95)113)27-58(82(128)129)18-41(10-2)65(89)107)28-49(21-44(67(91)109)13-36(5)60(84)102)72(114)96-33-97-74(116)51(23-46(69(93)111)20-43(12-4)78(120)121)29-54(31-57(81(126)127)16-39(8)63(87)105)77(119)101-35-100-76(118)53(32-59(83(130)131)19-42(11-3)66(90)108)24-47(70(94)112)26-55(79(122)123)14-37(6)61(85)103/h36-59H,9-35H2,1-8H3,(H2,84,102)(H2,85,103)(H2,86,104)(H2,87,105)(H2,88,106)(H2,89,107)(H2,90,108)(H2,91,109)(H2,92,110)(H2,93,111)(H2,94,112)(H2,95,113)(H,96,114)(H,97,116)(H,98,115)(H,99,117)(H,100,118)(H,101,119)(H,120,121)(H,122,123)(H,124,125)(H,126,127)(H,128,129)(H,130,131). The first-order valence-corrected chi connectivity index (χ1v) is 43.4. The van der Waals surface area contributed by atoms with Crippen molar-refractivity contribution < 1.29 is 146 Å². The van der Waals surface area contributed by atoms with Gasteiger partial charge in [0, 0.05) is 107 Å². The van der Waals surface area contributed by atoms with Crippen LogP contribution in [0.4, 0.5) is 0 Å². The quantitative estimate of drug-likeness (QED) is 0.0260. The molecule has 0 heterocycles. The number of hydrogen-bond donors (Lipinski definition) is 24. The Balaban J connectivity index is 8.77. The number of carboxylic acid groups (broad SMARTS) is 6. The monoisotopic (exact) mass is 1870 g/mol. The number of aliphatic carboxylic acids is 6.